The minimum Gasteiger partial charge on any atom is -0.490 e. The third-order valence-electron chi connectivity index (χ3n) is 3.68. The Bertz CT molecular complexity index is 469. The van der Waals surface area contributed by atoms with E-state index in [1.54, 1.807) is 12.1 Å². The number of aliphatic hydroxyl groups excluding tert-OH is 1. The van der Waals surface area contributed by atoms with Gasteiger partial charge in [-0.05, 0) is 30.5 Å². The van der Waals surface area contributed by atoms with E-state index < -0.39 is 12.1 Å². The van der Waals surface area contributed by atoms with Crippen molar-refractivity contribution >= 4 is 21.9 Å². The average Bonchev–Trinajstić information content (AvgIpc) is 2.90. The number of carboxylic acids is 1. The number of ether oxygens (including phenoxy) is 1. The molecule has 2 rings (SSSR count). The van der Waals surface area contributed by atoms with Crippen LogP contribution in [-0.4, -0.2) is 28.9 Å². The van der Waals surface area contributed by atoms with Gasteiger partial charge in [0.15, 0.2) is 0 Å². The Morgan fingerprint density at radius 3 is 2.75 bits per heavy atom. The predicted octanol–water partition coefficient (Wildman–Crippen LogP) is 3.47. The van der Waals surface area contributed by atoms with Gasteiger partial charge in [-0.3, -0.25) is 0 Å². The molecule has 1 aromatic carbocycles. The summed E-state index contributed by atoms with van der Waals surface area (Å²) < 4.78 is 6.16. The molecule has 1 aliphatic rings. The highest BCUT2D eigenvalue weighted by atomic mass is 79.9. The van der Waals surface area contributed by atoms with E-state index in [4.69, 9.17) is 9.84 Å². The Morgan fingerprint density at radius 2 is 2.10 bits per heavy atom. The maximum Gasteiger partial charge on any atom is 0.339 e. The molecule has 110 valence electrons. The number of aromatic carboxylic acids is 1. The summed E-state index contributed by atoms with van der Waals surface area (Å²) in [5, 5.41) is 19.1. The highest BCUT2D eigenvalue weighted by Crippen LogP contribution is 2.29. The van der Waals surface area contributed by atoms with Gasteiger partial charge in [-0.15, -0.1) is 0 Å². The molecular formula is C15H19BrO4. The van der Waals surface area contributed by atoms with Crippen molar-refractivity contribution in [3.63, 3.8) is 0 Å². The van der Waals surface area contributed by atoms with E-state index >= 15 is 0 Å². The standard InChI is InChI=1S/C15H19BrO4/c16-11-5-6-14(13(8-11)15(18)19)20-9-12(17)7-10-3-1-2-4-10/h5-6,8,10,12,17H,1-4,7,9H2,(H,18,19). The van der Waals surface area contributed by atoms with Gasteiger partial charge in [0.05, 0.1) is 6.10 Å². The van der Waals surface area contributed by atoms with Crippen molar-refractivity contribution in [1.29, 1.82) is 0 Å². The number of rotatable bonds is 6. The molecule has 1 aliphatic carbocycles. The highest BCUT2D eigenvalue weighted by molar-refractivity contribution is 9.10. The van der Waals surface area contributed by atoms with Gasteiger partial charge in [0.25, 0.3) is 0 Å². The van der Waals surface area contributed by atoms with Crippen LogP contribution in [0.15, 0.2) is 22.7 Å². The summed E-state index contributed by atoms with van der Waals surface area (Å²) in [6, 6.07) is 4.84. The number of halogens is 1. The Morgan fingerprint density at radius 1 is 1.40 bits per heavy atom. The van der Waals surface area contributed by atoms with Gasteiger partial charge in [-0.1, -0.05) is 41.6 Å². The van der Waals surface area contributed by atoms with Crippen LogP contribution in [0.1, 0.15) is 42.5 Å². The first-order valence-corrected chi connectivity index (χ1v) is 7.69. The lowest BCUT2D eigenvalue weighted by Gasteiger charge is -2.17. The van der Waals surface area contributed by atoms with Gasteiger partial charge in [0.2, 0.25) is 0 Å². The second-order valence-electron chi connectivity index (χ2n) is 5.30. The van der Waals surface area contributed by atoms with Crippen molar-refractivity contribution in [2.24, 2.45) is 5.92 Å². The largest absolute Gasteiger partial charge is 0.490 e. The summed E-state index contributed by atoms with van der Waals surface area (Å²) in [5.74, 6) is -0.157. The molecule has 0 bridgehead atoms. The second-order valence-corrected chi connectivity index (χ2v) is 6.21. The van der Waals surface area contributed by atoms with Crippen molar-refractivity contribution < 1.29 is 19.7 Å². The summed E-state index contributed by atoms with van der Waals surface area (Å²) in [6.45, 7) is 0.137. The number of hydrogen-bond acceptors (Lipinski definition) is 3. The first-order chi connectivity index (χ1) is 9.56. The van der Waals surface area contributed by atoms with Gasteiger partial charge in [0.1, 0.15) is 17.9 Å². The molecule has 20 heavy (non-hydrogen) atoms. The van der Waals surface area contributed by atoms with Crippen molar-refractivity contribution in [3.8, 4) is 5.75 Å². The molecule has 2 N–H and O–H groups in total. The van der Waals surface area contributed by atoms with Gasteiger partial charge in [-0.2, -0.15) is 0 Å². The molecule has 0 saturated heterocycles. The molecule has 1 fully saturated rings. The van der Waals surface area contributed by atoms with E-state index in [9.17, 15) is 9.90 Å². The maximum absolute atomic E-state index is 11.1. The van der Waals surface area contributed by atoms with Crippen LogP contribution in [0.5, 0.6) is 5.75 Å². The molecule has 0 heterocycles. The highest BCUT2D eigenvalue weighted by Gasteiger charge is 2.20. The Kier molecular flexibility index (Phi) is 5.43. The number of carbonyl (C=O) groups is 1. The summed E-state index contributed by atoms with van der Waals surface area (Å²) in [7, 11) is 0. The van der Waals surface area contributed by atoms with Gasteiger partial charge < -0.3 is 14.9 Å². The number of carboxylic acid groups (broad SMARTS) is 1. The van der Waals surface area contributed by atoms with Crippen LogP contribution in [0.25, 0.3) is 0 Å². The molecule has 0 aliphatic heterocycles. The second kappa shape index (κ2) is 7.09. The Labute approximate surface area is 126 Å². The lowest BCUT2D eigenvalue weighted by molar-refractivity contribution is 0.0671. The third kappa shape index (κ3) is 4.21. The van der Waals surface area contributed by atoms with Crippen molar-refractivity contribution in [2.45, 2.75) is 38.2 Å². The quantitative estimate of drug-likeness (QED) is 0.830. The zero-order valence-electron chi connectivity index (χ0n) is 11.2. The van der Waals surface area contributed by atoms with Crippen molar-refractivity contribution in [3.05, 3.63) is 28.2 Å². The van der Waals surface area contributed by atoms with Crippen LogP contribution in [0.4, 0.5) is 0 Å². The molecule has 1 atom stereocenters. The van der Waals surface area contributed by atoms with Gasteiger partial charge >= 0.3 is 5.97 Å². The van der Waals surface area contributed by atoms with Crippen LogP contribution in [-0.2, 0) is 0 Å². The topological polar surface area (TPSA) is 66.8 Å². The minimum atomic E-state index is -1.04. The number of hydrogen-bond donors (Lipinski definition) is 2. The van der Waals surface area contributed by atoms with E-state index in [2.05, 4.69) is 15.9 Å². The van der Waals surface area contributed by atoms with Gasteiger partial charge in [-0.25, -0.2) is 4.79 Å². The monoisotopic (exact) mass is 342 g/mol. The first-order valence-electron chi connectivity index (χ1n) is 6.90. The molecule has 5 heteroatoms. The maximum atomic E-state index is 11.1. The summed E-state index contributed by atoms with van der Waals surface area (Å²) in [5.41, 5.74) is 0.104. The predicted molar refractivity (Wildman–Crippen MR) is 79.2 cm³/mol. The van der Waals surface area contributed by atoms with Crippen LogP contribution >= 0.6 is 15.9 Å². The van der Waals surface area contributed by atoms with Crippen molar-refractivity contribution in [2.75, 3.05) is 6.61 Å². The molecule has 1 saturated carbocycles. The molecule has 0 amide bonds. The third-order valence-corrected chi connectivity index (χ3v) is 4.18. The number of aliphatic hydroxyl groups is 1. The van der Waals surface area contributed by atoms with E-state index in [1.165, 1.54) is 31.7 Å². The summed E-state index contributed by atoms with van der Waals surface area (Å²) >= 11 is 3.23. The molecular weight excluding hydrogens is 324 g/mol. The van der Waals surface area contributed by atoms with Crippen LogP contribution in [0, 0.1) is 5.92 Å². The van der Waals surface area contributed by atoms with E-state index in [0.29, 0.717) is 16.1 Å². The molecule has 0 radical (unpaired) electrons. The molecule has 1 unspecified atom stereocenters. The fourth-order valence-corrected chi connectivity index (χ4v) is 3.04. The lowest BCUT2D eigenvalue weighted by Crippen LogP contribution is -2.21. The van der Waals surface area contributed by atoms with Crippen LogP contribution in [0.3, 0.4) is 0 Å². The lowest BCUT2D eigenvalue weighted by atomic mass is 10.0. The molecule has 1 aromatic rings. The Hall–Kier alpha value is -1.07. The SMILES string of the molecule is O=C(O)c1cc(Br)ccc1OCC(O)CC1CCCC1. The zero-order valence-corrected chi connectivity index (χ0v) is 12.8. The summed E-state index contributed by atoms with van der Waals surface area (Å²) in [6.07, 6.45) is 5.04. The molecule has 4 nitrogen and oxygen atoms in total. The van der Waals surface area contributed by atoms with E-state index in [0.717, 1.165) is 6.42 Å². The smallest absolute Gasteiger partial charge is 0.339 e. The fourth-order valence-electron chi connectivity index (χ4n) is 2.68. The summed E-state index contributed by atoms with van der Waals surface area (Å²) in [4.78, 5) is 11.1. The van der Waals surface area contributed by atoms with Crippen molar-refractivity contribution in [1.82, 2.24) is 0 Å². The Balaban J connectivity index is 1.91. The normalized spacial score (nSPS) is 17.1. The van der Waals surface area contributed by atoms with Crippen LogP contribution in [0.2, 0.25) is 0 Å². The average molecular weight is 343 g/mol. The molecule has 0 aromatic heterocycles. The number of benzene rings is 1. The van der Waals surface area contributed by atoms with E-state index in [-0.39, 0.29) is 12.2 Å². The first kappa shape index (κ1) is 15.3. The van der Waals surface area contributed by atoms with Gasteiger partial charge in [0, 0.05) is 4.47 Å². The minimum absolute atomic E-state index is 0.104. The van der Waals surface area contributed by atoms with Crippen LogP contribution < -0.4 is 4.74 Å². The van der Waals surface area contributed by atoms with E-state index in [1.807, 2.05) is 0 Å². The molecule has 0 spiro atoms. The fraction of sp³-hybridized carbons (Fsp3) is 0.533. The zero-order chi connectivity index (χ0) is 14.5.